The van der Waals surface area contributed by atoms with Gasteiger partial charge in [-0.15, -0.1) is 0 Å². The number of hydrogen-bond acceptors (Lipinski definition) is 3. The molecule has 1 aromatic carbocycles. The molecule has 4 heteroatoms. The van der Waals surface area contributed by atoms with Crippen LogP contribution in [0.5, 0.6) is 5.75 Å². The SMILES string of the molecule is COc1ccc(/C(N)=C(/C)C#N)c(F)c1. The van der Waals surface area contributed by atoms with Crippen molar-refractivity contribution >= 4 is 5.70 Å². The van der Waals surface area contributed by atoms with Crippen molar-refractivity contribution in [2.75, 3.05) is 7.11 Å². The van der Waals surface area contributed by atoms with E-state index in [0.717, 1.165) is 0 Å². The third-order valence-corrected chi connectivity index (χ3v) is 2.04. The molecule has 0 unspecified atom stereocenters. The Bertz CT molecular complexity index is 446. The highest BCUT2D eigenvalue weighted by molar-refractivity contribution is 5.69. The van der Waals surface area contributed by atoms with E-state index in [1.54, 1.807) is 13.0 Å². The predicted molar refractivity (Wildman–Crippen MR) is 55.3 cm³/mol. The van der Waals surface area contributed by atoms with Gasteiger partial charge in [-0.05, 0) is 19.1 Å². The average molecular weight is 206 g/mol. The van der Waals surface area contributed by atoms with Crippen LogP contribution in [-0.4, -0.2) is 7.11 Å². The summed E-state index contributed by atoms with van der Waals surface area (Å²) in [4.78, 5) is 0. The van der Waals surface area contributed by atoms with Gasteiger partial charge >= 0.3 is 0 Å². The Morgan fingerprint density at radius 3 is 2.67 bits per heavy atom. The van der Waals surface area contributed by atoms with Crippen molar-refractivity contribution < 1.29 is 9.13 Å². The summed E-state index contributed by atoms with van der Waals surface area (Å²) >= 11 is 0. The smallest absolute Gasteiger partial charge is 0.136 e. The summed E-state index contributed by atoms with van der Waals surface area (Å²) in [6, 6.07) is 6.19. The summed E-state index contributed by atoms with van der Waals surface area (Å²) < 4.78 is 18.3. The van der Waals surface area contributed by atoms with Gasteiger partial charge in [0.2, 0.25) is 0 Å². The van der Waals surface area contributed by atoms with E-state index in [-0.39, 0.29) is 11.3 Å². The monoisotopic (exact) mass is 206 g/mol. The average Bonchev–Trinajstić information content (AvgIpc) is 2.26. The zero-order valence-electron chi connectivity index (χ0n) is 8.54. The van der Waals surface area contributed by atoms with Gasteiger partial charge in [0, 0.05) is 11.6 Å². The van der Waals surface area contributed by atoms with Crippen LogP contribution in [0, 0.1) is 17.1 Å². The van der Waals surface area contributed by atoms with Crippen LogP contribution < -0.4 is 10.5 Å². The third-order valence-electron chi connectivity index (χ3n) is 2.04. The molecule has 0 radical (unpaired) electrons. The zero-order valence-corrected chi connectivity index (χ0v) is 8.54. The summed E-state index contributed by atoms with van der Waals surface area (Å²) in [5.74, 6) is -0.0832. The Kier molecular flexibility index (Phi) is 3.29. The van der Waals surface area contributed by atoms with Gasteiger partial charge in [0.15, 0.2) is 0 Å². The van der Waals surface area contributed by atoms with E-state index in [9.17, 15) is 4.39 Å². The molecular weight excluding hydrogens is 195 g/mol. The lowest BCUT2D eigenvalue weighted by atomic mass is 10.1. The summed E-state index contributed by atoms with van der Waals surface area (Å²) in [5, 5.41) is 8.62. The topological polar surface area (TPSA) is 59.0 Å². The van der Waals surface area contributed by atoms with Crippen LogP contribution in [0.3, 0.4) is 0 Å². The van der Waals surface area contributed by atoms with E-state index in [1.165, 1.54) is 19.2 Å². The molecular formula is C11H11FN2O. The quantitative estimate of drug-likeness (QED) is 0.753. The molecule has 1 aromatic rings. The van der Waals surface area contributed by atoms with Gasteiger partial charge in [-0.2, -0.15) is 5.26 Å². The number of rotatable bonds is 2. The Balaban J connectivity index is 3.24. The Morgan fingerprint density at radius 2 is 2.20 bits per heavy atom. The second-order valence-electron chi connectivity index (χ2n) is 3.00. The fourth-order valence-corrected chi connectivity index (χ4v) is 1.10. The van der Waals surface area contributed by atoms with E-state index in [4.69, 9.17) is 15.7 Å². The van der Waals surface area contributed by atoms with E-state index in [2.05, 4.69) is 0 Å². The van der Waals surface area contributed by atoms with E-state index in [1.807, 2.05) is 6.07 Å². The van der Waals surface area contributed by atoms with Crippen molar-refractivity contribution in [3.8, 4) is 11.8 Å². The van der Waals surface area contributed by atoms with Crippen LogP contribution in [0.15, 0.2) is 23.8 Å². The zero-order chi connectivity index (χ0) is 11.4. The molecule has 1 rings (SSSR count). The van der Waals surface area contributed by atoms with Gasteiger partial charge in [-0.25, -0.2) is 4.39 Å². The maximum atomic E-state index is 13.5. The molecule has 0 atom stereocenters. The van der Waals surface area contributed by atoms with Gasteiger partial charge in [0.25, 0.3) is 0 Å². The van der Waals surface area contributed by atoms with Crippen LogP contribution >= 0.6 is 0 Å². The van der Waals surface area contributed by atoms with Gasteiger partial charge in [-0.3, -0.25) is 0 Å². The minimum absolute atomic E-state index is 0.151. The van der Waals surface area contributed by atoms with Crippen molar-refractivity contribution in [3.05, 3.63) is 35.2 Å². The van der Waals surface area contributed by atoms with Gasteiger partial charge in [-0.1, -0.05) is 0 Å². The Morgan fingerprint density at radius 1 is 1.53 bits per heavy atom. The highest BCUT2D eigenvalue weighted by Crippen LogP contribution is 2.21. The molecule has 0 aliphatic heterocycles. The third kappa shape index (κ3) is 2.26. The molecule has 0 amide bonds. The van der Waals surface area contributed by atoms with Crippen molar-refractivity contribution in [2.45, 2.75) is 6.92 Å². The fraction of sp³-hybridized carbons (Fsp3) is 0.182. The standard InChI is InChI=1S/C11H11FN2O/c1-7(6-13)11(14)9-4-3-8(15-2)5-10(9)12/h3-5H,14H2,1-2H3/b11-7+. The van der Waals surface area contributed by atoms with Crippen LogP contribution in [0.4, 0.5) is 4.39 Å². The molecule has 0 saturated carbocycles. The molecule has 0 aliphatic carbocycles. The number of nitrogens with two attached hydrogens (primary N) is 1. The second-order valence-corrected chi connectivity index (χ2v) is 3.00. The van der Waals surface area contributed by atoms with E-state index in [0.29, 0.717) is 11.3 Å². The Hall–Kier alpha value is -2.02. The molecule has 78 valence electrons. The first-order valence-electron chi connectivity index (χ1n) is 4.30. The largest absolute Gasteiger partial charge is 0.497 e. The lowest BCUT2D eigenvalue weighted by Gasteiger charge is -2.06. The van der Waals surface area contributed by atoms with Crippen LogP contribution in [-0.2, 0) is 0 Å². The molecule has 0 fully saturated rings. The lowest BCUT2D eigenvalue weighted by molar-refractivity contribution is 0.411. The highest BCUT2D eigenvalue weighted by Gasteiger charge is 2.08. The minimum atomic E-state index is -0.499. The lowest BCUT2D eigenvalue weighted by Crippen LogP contribution is -2.02. The second kappa shape index (κ2) is 4.47. The molecule has 3 nitrogen and oxygen atoms in total. The molecule has 0 bridgehead atoms. The fourth-order valence-electron chi connectivity index (χ4n) is 1.10. The molecule has 2 N–H and O–H groups in total. The van der Waals surface area contributed by atoms with Gasteiger partial charge in [0.05, 0.1) is 24.4 Å². The summed E-state index contributed by atoms with van der Waals surface area (Å²) in [5.41, 5.74) is 6.28. The maximum absolute atomic E-state index is 13.5. The van der Waals surface area contributed by atoms with Crippen molar-refractivity contribution in [2.24, 2.45) is 5.73 Å². The number of hydrogen-bond donors (Lipinski definition) is 1. The summed E-state index contributed by atoms with van der Waals surface area (Å²) in [6.07, 6.45) is 0. The highest BCUT2D eigenvalue weighted by atomic mass is 19.1. The molecule has 0 aliphatic rings. The minimum Gasteiger partial charge on any atom is -0.497 e. The van der Waals surface area contributed by atoms with Gasteiger partial charge in [0.1, 0.15) is 11.6 Å². The number of nitrogens with zero attached hydrogens (tertiary/aromatic N) is 1. The van der Waals surface area contributed by atoms with Crippen molar-refractivity contribution in [1.82, 2.24) is 0 Å². The van der Waals surface area contributed by atoms with Crippen molar-refractivity contribution in [1.29, 1.82) is 5.26 Å². The molecule has 15 heavy (non-hydrogen) atoms. The molecule has 0 heterocycles. The number of benzene rings is 1. The molecule has 0 aromatic heterocycles. The molecule has 0 spiro atoms. The predicted octanol–water partition coefficient (Wildman–Crippen LogP) is 2.05. The number of allylic oxidation sites excluding steroid dienone is 1. The first kappa shape index (κ1) is 11.1. The number of ether oxygens (including phenoxy) is 1. The normalized spacial score (nSPS) is 11.6. The van der Waals surface area contributed by atoms with E-state index >= 15 is 0 Å². The summed E-state index contributed by atoms with van der Waals surface area (Å²) in [7, 11) is 1.45. The van der Waals surface area contributed by atoms with Gasteiger partial charge < -0.3 is 10.5 Å². The number of halogens is 1. The van der Waals surface area contributed by atoms with E-state index < -0.39 is 5.82 Å². The number of methoxy groups -OCH3 is 1. The molecule has 0 saturated heterocycles. The Labute approximate surface area is 87.6 Å². The van der Waals surface area contributed by atoms with Crippen LogP contribution in [0.25, 0.3) is 5.70 Å². The summed E-state index contributed by atoms with van der Waals surface area (Å²) in [6.45, 7) is 1.54. The maximum Gasteiger partial charge on any atom is 0.136 e. The van der Waals surface area contributed by atoms with Crippen molar-refractivity contribution in [3.63, 3.8) is 0 Å². The van der Waals surface area contributed by atoms with Crippen LogP contribution in [0.2, 0.25) is 0 Å². The van der Waals surface area contributed by atoms with Crippen LogP contribution in [0.1, 0.15) is 12.5 Å². The first-order chi connectivity index (χ1) is 7.10. The first-order valence-corrected chi connectivity index (χ1v) is 4.30. The number of nitriles is 1.